The second-order valence-electron chi connectivity index (χ2n) is 8.55. The largest absolute Gasteiger partial charge is 0.310 e. The molecule has 1 aliphatic heterocycles. The van der Waals surface area contributed by atoms with Crippen molar-refractivity contribution in [1.82, 2.24) is 19.4 Å². The number of piperidine rings is 1. The van der Waals surface area contributed by atoms with Gasteiger partial charge in [0.15, 0.2) is 0 Å². The van der Waals surface area contributed by atoms with Crippen molar-refractivity contribution in [2.75, 3.05) is 25.0 Å². The van der Waals surface area contributed by atoms with Crippen molar-refractivity contribution in [2.45, 2.75) is 61.7 Å². The standard InChI is InChI=1S/C21H31N5O3S2/c27-20(23-19-8-11-22-26(19)15-17-5-2-1-3-6-17)16-25-12-9-18(10-13-25)24-31(28,29)21-7-4-14-30-21/h4,7-8,11,14,17-18,24H,1-3,5-6,9-10,12-13,15-16H2,(H,23,27). The SMILES string of the molecule is O=C(CN1CCC(NS(=O)(=O)c2cccs2)CC1)Nc1ccnn1CC1CCCCC1. The van der Waals surface area contributed by atoms with Gasteiger partial charge in [-0.3, -0.25) is 9.69 Å². The van der Waals surface area contributed by atoms with Crippen LogP contribution in [-0.2, 0) is 21.4 Å². The number of hydrogen-bond acceptors (Lipinski definition) is 6. The van der Waals surface area contributed by atoms with Crippen LogP contribution in [0, 0.1) is 5.92 Å². The molecule has 0 atom stereocenters. The minimum atomic E-state index is -3.45. The Hall–Kier alpha value is -1.75. The van der Waals surface area contributed by atoms with E-state index >= 15 is 0 Å². The maximum atomic E-state index is 12.6. The summed E-state index contributed by atoms with van der Waals surface area (Å²) in [6.45, 7) is 2.54. The summed E-state index contributed by atoms with van der Waals surface area (Å²) in [7, 11) is -3.45. The Morgan fingerprint density at radius 3 is 2.61 bits per heavy atom. The van der Waals surface area contributed by atoms with Crippen LogP contribution in [0.25, 0.3) is 0 Å². The zero-order valence-corrected chi connectivity index (χ0v) is 19.3. The Kier molecular flexibility index (Phi) is 7.42. The summed E-state index contributed by atoms with van der Waals surface area (Å²) in [6.07, 6.45) is 9.49. The average Bonchev–Trinajstić information content (AvgIpc) is 3.43. The molecule has 0 radical (unpaired) electrons. The van der Waals surface area contributed by atoms with Crippen molar-refractivity contribution in [1.29, 1.82) is 0 Å². The number of aromatic nitrogens is 2. The second kappa shape index (κ2) is 10.2. The van der Waals surface area contributed by atoms with Crippen LogP contribution in [0.4, 0.5) is 5.82 Å². The third kappa shape index (κ3) is 6.15. The number of likely N-dealkylation sites (tertiary alicyclic amines) is 1. The molecule has 10 heteroatoms. The quantitative estimate of drug-likeness (QED) is 0.625. The van der Waals surface area contributed by atoms with Crippen molar-refractivity contribution >= 4 is 33.1 Å². The second-order valence-corrected chi connectivity index (χ2v) is 11.4. The minimum Gasteiger partial charge on any atom is -0.310 e. The molecule has 4 rings (SSSR count). The predicted molar refractivity (Wildman–Crippen MR) is 122 cm³/mol. The van der Waals surface area contributed by atoms with Crippen LogP contribution in [0.1, 0.15) is 44.9 Å². The summed E-state index contributed by atoms with van der Waals surface area (Å²) >= 11 is 1.22. The first kappa shape index (κ1) is 22.4. The van der Waals surface area contributed by atoms with Crippen molar-refractivity contribution < 1.29 is 13.2 Å². The molecule has 1 saturated carbocycles. The maximum Gasteiger partial charge on any atom is 0.250 e. The molecule has 170 valence electrons. The van der Waals surface area contributed by atoms with Gasteiger partial charge in [-0.2, -0.15) is 5.10 Å². The van der Waals surface area contributed by atoms with Gasteiger partial charge in [0.05, 0.1) is 12.7 Å². The van der Waals surface area contributed by atoms with Gasteiger partial charge in [0.25, 0.3) is 0 Å². The number of nitrogens with one attached hydrogen (secondary N) is 2. The van der Waals surface area contributed by atoms with E-state index in [1.165, 1.54) is 43.4 Å². The molecule has 2 aliphatic rings. The van der Waals surface area contributed by atoms with Crippen LogP contribution in [0.3, 0.4) is 0 Å². The van der Waals surface area contributed by atoms with Gasteiger partial charge >= 0.3 is 0 Å². The van der Waals surface area contributed by atoms with Gasteiger partial charge in [0.2, 0.25) is 15.9 Å². The highest BCUT2D eigenvalue weighted by Gasteiger charge is 2.26. The molecule has 2 aromatic rings. The molecule has 1 amide bonds. The molecular formula is C21H31N5O3S2. The summed E-state index contributed by atoms with van der Waals surface area (Å²) < 4.78 is 29.8. The molecule has 3 heterocycles. The van der Waals surface area contributed by atoms with E-state index in [2.05, 4.69) is 20.0 Å². The molecule has 1 aliphatic carbocycles. The molecule has 0 unspecified atom stereocenters. The van der Waals surface area contributed by atoms with E-state index in [0.29, 0.717) is 42.6 Å². The molecule has 0 aromatic carbocycles. The number of hydrogen-bond donors (Lipinski definition) is 2. The summed E-state index contributed by atoms with van der Waals surface area (Å²) in [5.41, 5.74) is 0. The number of nitrogens with zero attached hydrogens (tertiary/aromatic N) is 3. The fourth-order valence-electron chi connectivity index (χ4n) is 4.49. The fraction of sp³-hybridized carbons (Fsp3) is 0.619. The molecule has 0 spiro atoms. The molecule has 31 heavy (non-hydrogen) atoms. The molecule has 2 aromatic heterocycles. The third-order valence-electron chi connectivity index (χ3n) is 6.18. The molecule has 2 N–H and O–H groups in total. The molecule has 1 saturated heterocycles. The number of rotatable bonds is 8. The molecule has 2 fully saturated rings. The van der Waals surface area contributed by atoms with Crippen LogP contribution < -0.4 is 10.0 Å². The van der Waals surface area contributed by atoms with E-state index in [1.54, 1.807) is 23.7 Å². The highest BCUT2D eigenvalue weighted by atomic mass is 32.2. The van der Waals surface area contributed by atoms with E-state index in [9.17, 15) is 13.2 Å². The number of thiophene rings is 1. The Balaban J connectivity index is 1.22. The van der Waals surface area contributed by atoms with E-state index in [0.717, 1.165) is 12.4 Å². The Bertz CT molecular complexity index is 944. The Labute approximate surface area is 188 Å². The van der Waals surface area contributed by atoms with E-state index < -0.39 is 10.0 Å². The lowest BCUT2D eigenvalue weighted by atomic mass is 9.89. The van der Waals surface area contributed by atoms with Crippen LogP contribution in [-0.4, -0.2) is 54.7 Å². The minimum absolute atomic E-state index is 0.0528. The lowest BCUT2D eigenvalue weighted by Gasteiger charge is -2.31. The number of anilines is 1. The van der Waals surface area contributed by atoms with Gasteiger partial charge in [-0.1, -0.05) is 25.3 Å². The molecular weight excluding hydrogens is 434 g/mol. The maximum absolute atomic E-state index is 12.6. The van der Waals surface area contributed by atoms with Crippen molar-refractivity contribution in [2.24, 2.45) is 5.92 Å². The first-order valence-corrected chi connectivity index (χ1v) is 13.5. The van der Waals surface area contributed by atoms with Crippen molar-refractivity contribution in [3.63, 3.8) is 0 Å². The van der Waals surface area contributed by atoms with E-state index in [4.69, 9.17) is 0 Å². The van der Waals surface area contributed by atoms with E-state index in [-0.39, 0.29) is 11.9 Å². The van der Waals surface area contributed by atoms with Gasteiger partial charge in [-0.25, -0.2) is 17.8 Å². The predicted octanol–water partition coefficient (Wildman–Crippen LogP) is 2.91. The number of amides is 1. The lowest BCUT2D eigenvalue weighted by molar-refractivity contribution is -0.117. The summed E-state index contributed by atoms with van der Waals surface area (Å²) in [5.74, 6) is 1.35. The molecule has 8 nitrogen and oxygen atoms in total. The van der Waals surface area contributed by atoms with Gasteiger partial charge in [0.1, 0.15) is 10.0 Å². The van der Waals surface area contributed by atoms with Gasteiger partial charge in [0, 0.05) is 31.7 Å². The van der Waals surface area contributed by atoms with Crippen molar-refractivity contribution in [3.8, 4) is 0 Å². The highest BCUT2D eigenvalue weighted by Crippen LogP contribution is 2.26. The number of carbonyl (C=O) groups excluding carboxylic acids is 1. The smallest absolute Gasteiger partial charge is 0.250 e. The van der Waals surface area contributed by atoms with Crippen molar-refractivity contribution in [3.05, 3.63) is 29.8 Å². The summed E-state index contributed by atoms with van der Waals surface area (Å²) in [5, 5.41) is 9.17. The van der Waals surface area contributed by atoms with Crippen LogP contribution in [0.15, 0.2) is 34.0 Å². The third-order valence-corrected chi connectivity index (χ3v) is 9.09. The Morgan fingerprint density at radius 1 is 1.13 bits per heavy atom. The monoisotopic (exact) mass is 465 g/mol. The zero-order valence-electron chi connectivity index (χ0n) is 17.7. The average molecular weight is 466 g/mol. The first-order valence-electron chi connectivity index (χ1n) is 11.1. The van der Waals surface area contributed by atoms with Crippen LogP contribution in [0.2, 0.25) is 0 Å². The fourth-order valence-corrected chi connectivity index (χ4v) is 6.80. The van der Waals surface area contributed by atoms with Crippen LogP contribution in [0.5, 0.6) is 0 Å². The van der Waals surface area contributed by atoms with Gasteiger partial charge in [-0.15, -0.1) is 11.3 Å². The number of sulfonamides is 1. The molecule has 0 bridgehead atoms. The van der Waals surface area contributed by atoms with Gasteiger partial charge < -0.3 is 5.32 Å². The summed E-state index contributed by atoms with van der Waals surface area (Å²) in [6, 6.07) is 5.11. The van der Waals surface area contributed by atoms with Crippen LogP contribution >= 0.6 is 11.3 Å². The number of carbonyl (C=O) groups is 1. The summed E-state index contributed by atoms with van der Waals surface area (Å²) in [4.78, 5) is 14.7. The van der Waals surface area contributed by atoms with E-state index in [1.807, 2.05) is 10.7 Å². The topological polar surface area (TPSA) is 96.3 Å². The zero-order chi connectivity index (χ0) is 21.7. The normalized spacial score (nSPS) is 19.5. The van der Waals surface area contributed by atoms with Gasteiger partial charge in [-0.05, 0) is 43.0 Å². The highest BCUT2D eigenvalue weighted by molar-refractivity contribution is 7.91. The lowest BCUT2D eigenvalue weighted by Crippen LogP contribution is -2.46. The Morgan fingerprint density at radius 2 is 1.90 bits per heavy atom. The first-order chi connectivity index (χ1) is 15.0.